The van der Waals surface area contributed by atoms with Crippen molar-refractivity contribution in [3.8, 4) is 0 Å². The SMILES string of the molecule is CC(=O)NCCCCC(NC(=O)CCCC(=O)NC(CCCCNC(C)=O)C(=O)NC=O)C(=O)NC=O. The van der Waals surface area contributed by atoms with E-state index in [-0.39, 0.29) is 56.7 Å². The van der Waals surface area contributed by atoms with Gasteiger partial charge in [-0.25, -0.2) is 0 Å². The molecule has 0 aromatic carbocycles. The van der Waals surface area contributed by atoms with Crippen molar-refractivity contribution in [3.63, 3.8) is 0 Å². The zero-order chi connectivity index (χ0) is 28.1. The van der Waals surface area contributed by atoms with Crippen molar-refractivity contribution in [1.82, 2.24) is 31.9 Å². The van der Waals surface area contributed by atoms with Gasteiger partial charge in [-0.1, -0.05) is 0 Å². The maximum absolute atomic E-state index is 12.3. The molecule has 0 rings (SSSR count). The van der Waals surface area contributed by atoms with Crippen LogP contribution in [0.25, 0.3) is 0 Å². The van der Waals surface area contributed by atoms with E-state index < -0.39 is 35.7 Å². The number of carbonyl (C=O) groups is 8. The summed E-state index contributed by atoms with van der Waals surface area (Å²) in [4.78, 5) is 91.7. The van der Waals surface area contributed by atoms with E-state index in [0.717, 1.165) is 0 Å². The molecule has 0 aliphatic heterocycles. The van der Waals surface area contributed by atoms with Gasteiger partial charge in [-0.2, -0.15) is 0 Å². The van der Waals surface area contributed by atoms with Gasteiger partial charge in [-0.3, -0.25) is 49.0 Å². The number of nitrogens with one attached hydrogen (secondary N) is 6. The lowest BCUT2D eigenvalue weighted by Crippen LogP contribution is -2.47. The van der Waals surface area contributed by atoms with E-state index in [1.165, 1.54) is 13.8 Å². The van der Waals surface area contributed by atoms with Crippen LogP contribution in [0.5, 0.6) is 0 Å². The quantitative estimate of drug-likeness (QED) is 0.0792. The maximum atomic E-state index is 12.3. The lowest BCUT2D eigenvalue weighted by atomic mass is 10.1. The fourth-order valence-electron chi connectivity index (χ4n) is 3.27. The number of imide groups is 2. The van der Waals surface area contributed by atoms with Crippen LogP contribution in [0.15, 0.2) is 0 Å². The molecule has 0 saturated carbocycles. The first-order valence-corrected chi connectivity index (χ1v) is 12.2. The van der Waals surface area contributed by atoms with Crippen LogP contribution < -0.4 is 31.9 Å². The summed E-state index contributed by atoms with van der Waals surface area (Å²) in [5.74, 6) is -2.66. The fraction of sp³-hybridized carbons (Fsp3) is 0.652. The number of unbranched alkanes of at least 4 members (excludes halogenated alkanes) is 2. The van der Waals surface area contributed by atoms with Crippen molar-refractivity contribution in [2.45, 2.75) is 83.7 Å². The van der Waals surface area contributed by atoms with Gasteiger partial charge in [0.15, 0.2) is 0 Å². The van der Waals surface area contributed by atoms with Gasteiger partial charge in [-0.15, -0.1) is 0 Å². The Kier molecular flexibility index (Phi) is 18.2. The number of amides is 8. The monoisotopic (exact) mass is 526 g/mol. The van der Waals surface area contributed by atoms with Gasteiger partial charge in [0.25, 0.3) is 0 Å². The number of carbonyl (C=O) groups excluding carboxylic acids is 8. The molecule has 0 saturated heterocycles. The molecule has 208 valence electrons. The Morgan fingerprint density at radius 1 is 0.595 bits per heavy atom. The van der Waals surface area contributed by atoms with Crippen LogP contribution in [0.2, 0.25) is 0 Å². The Hall–Kier alpha value is -3.84. The zero-order valence-corrected chi connectivity index (χ0v) is 21.4. The summed E-state index contributed by atoms with van der Waals surface area (Å²) in [5, 5.41) is 14.3. The highest BCUT2D eigenvalue weighted by atomic mass is 16.2. The molecule has 37 heavy (non-hydrogen) atoms. The molecule has 2 atom stereocenters. The minimum Gasteiger partial charge on any atom is -0.356 e. The van der Waals surface area contributed by atoms with E-state index in [2.05, 4.69) is 21.3 Å². The third-order valence-electron chi connectivity index (χ3n) is 5.10. The topological polar surface area (TPSA) is 209 Å². The lowest BCUT2D eigenvalue weighted by Gasteiger charge is -2.18. The molecule has 0 aliphatic rings. The Bertz CT molecular complexity index is 740. The first kappa shape index (κ1) is 33.2. The smallest absolute Gasteiger partial charge is 0.248 e. The average Bonchev–Trinajstić information content (AvgIpc) is 2.82. The normalized spacial score (nSPS) is 11.7. The summed E-state index contributed by atoms with van der Waals surface area (Å²) in [5.41, 5.74) is 0. The molecule has 0 bridgehead atoms. The minimum absolute atomic E-state index is 0.0773. The minimum atomic E-state index is -0.947. The Morgan fingerprint density at radius 3 is 1.30 bits per heavy atom. The molecule has 0 aromatic rings. The molecule has 6 N–H and O–H groups in total. The zero-order valence-electron chi connectivity index (χ0n) is 21.4. The Morgan fingerprint density at radius 2 is 0.973 bits per heavy atom. The van der Waals surface area contributed by atoms with Gasteiger partial charge < -0.3 is 21.3 Å². The molecule has 0 aromatic heterocycles. The van der Waals surface area contributed by atoms with Crippen LogP contribution in [0, 0.1) is 0 Å². The van der Waals surface area contributed by atoms with Crippen molar-refractivity contribution >= 4 is 48.3 Å². The highest BCUT2D eigenvalue weighted by Gasteiger charge is 2.22. The standard InChI is InChI=1S/C23H38N6O8/c1-16(32)24-12-5-3-8-18(22(36)26-14-30)28-20(34)10-7-11-21(35)29-19(23(37)27-15-31)9-4-6-13-25-17(2)33/h14-15,18-19H,3-13H2,1-2H3,(H,24,32)(H,25,33)(H,28,34)(H,29,35)(H,26,30,36)(H,27,31,37). The summed E-state index contributed by atoms with van der Waals surface area (Å²) >= 11 is 0. The summed E-state index contributed by atoms with van der Waals surface area (Å²) < 4.78 is 0. The Labute approximate surface area is 215 Å². The van der Waals surface area contributed by atoms with Gasteiger partial charge >= 0.3 is 0 Å². The largest absolute Gasteiger partial charge is 0.356 e. The van der Waals surface area contributed by atoms with E-state index in [4.69, 9.17) is 0 Å². The molecule has 0 spiro atoms. The summed E-state index contributed by atoms with van der Waals surface area (Å²) in [6.45, 7) is 3.61. The second-order valence-corrected chi connectivity index (χ2v) is 8.30. The predicted molar refractivity (Wildman–Crippen MR) is 131 cm³/mol. The van der Waals surface area contributed by atoms with Crippen molar-refractivity contribution < 1.29 is 38.4 Å². The molecule has 14 nitrogen and oxygen atoms in total. The molecule has 0 fully saturated rings. The van der Waals surface area contributed by atoms with Crippen molar-refractivity contribution in [3.05, 3.63) is 0 Å². The molecular weight excluding hydrogens is 488 g/mol. The first-order chi connectivity index (χ1) is 17.6. The molecule has 8 amide bonds. The Balaban J connectivity index is 4.59. The van der Waals surface area contributed by atoms with Crippen molar-refractivity contribution in [2.24, 2.45) is 0 Å². The average molecular weight is 527 g/mol. The second kappa shape index (κ2) is 20.4. The van der Waals surface area contributed by atoms with Crippen LogP contribution in [0.1, 0.15) is 71.6 Å². The van der Waals surface area contributed by atoms with Crippen LogP contribution in [-0.2, 0) is 38.4 Å². The predicted octanol–water partition coefficient (Wildman–Crippen LogP) is -1.72. The summed E-state index contributed by atoms with van der Waals surface area (Å²) in [7, 11) is 0. The molecule has 0 heterocycles. The number of hydrogen-bond donors (Lipinski definition) is 6. The highest BCUT2D eigenvalue weighted by molar-refractivity contribution is 5.94. The number of rotatable bonds is 20. The lowest BCUT2D eigenvalue weighted by molar-refractivity contribution is -0.132. The van der Waals surface area contributed by atoms with Crippen molar-refractivity contribution in [1.29, 1.82) is 0 Å². The van der Waals surface area contributed by atoms with Crippen molar-refractivity contribution in [2.75, 3.05) is 13.1 Å². The van der Waals surface area contributed by atoms with Gasteiger partial charge in [0, 0.05) is 39.8 Å². The third-order valence-corrected chi connectivity index (χ3v) is 5.10. The molecule has 0 aliphatic carbocycles. The van der Waals surface area contributed by atoms with Gasteiger partial charge in [0.05, 0.1) is 0 Å². The van der Waals surface area contributed by atoms with Crippen LogP contribution in [-0.4, -0.2) is 73.4 Å². The molecule has 14 heteroatoms. The fourth-order valence-corrected chi connectivity index (χ4v) is 3.27. The summed E-state index contributed by atoms with van der Waals surface area (Å²) in [6, 6.07) is -1.89. The molecular formula is C23H38N6O8. The number of hydrogen-bond acceptors (Lipinski definition) is 8. The van der Waals surface area contributed by atoms with Crippen LogP contribution in [0.3, 0.4) is 0 Å². The second-order valence-electron chi connectivity index (χ2n) is 8.30. The molecule has 0 radical (unpaired) electrons. The van der Waals surface area contributed by atoms with E-state index >= 15 is 0 Å². The van der Waals surface area contributed by atoms with Crippen LogP contribution >= 0.6 is 0 Å². The van der Waals surface area contributed by atoms with Gasteiger partial charge in [-0.05, 0) is 44.9 Å². The highest BCUT2D eigenvalue weighted by Crippen LogP contribution is 2.05. The van der Waals surface area contributed by atoms with E-state index in [1.807, 2.05) is 10.6 Å². The van der Waals surface area contributed by atoms with Gasteiger partial charge in [0.1, 0.15) is 12.1 Å². The van der Waals surface area contributed by atoms with E-state index in [0.29, 0.717) is 38.8 Å². The summed E-state index contributed by atoms with van der Waals surface area (Å²) in [6.07, 6.45) is 3.09. The van der Waals surface area contributed by atoms with Crippen LogP contribution in [0.4, 0.5) is 0 Å². The van der Waals surface area contributed by atoms with E-state index in [9.17, 15) is 38.4 Å². The first-order valence-electron chi connectivity index (χ1n) is 12.2. The third kappa shape index (κ3) is 18.1. The van der Waals surface area contributed by atoms with Gasteiger partial charge in [0.2, 0.25) is 48.3 Å². The maximum Gasteiger partial charge on any atom is 0.248 e. The van der Waals surface area contributed by atoms with E-state index in [1.54, 1.807) is 0 Å². The molecule has 2 unspecified atom stereocenters.